The highest BCUT2D eigenvalue weighted by molar-refractivity contribution is 5.30. The highest BCUT2D eigenvalue weighted by atomic mass is 16.5. The average Bonchev–Trinajstić information content (AvgIpc) is 2.95. The highest BCUT2D eigenvalue weighted by Crippen LogP contribution is 2.29. The van der Waals surface area contributed by atoms with Crippen molar-refractivity contribution in [1.29, 1.82) is 0 Å². The van der Waals surface area contributed by atoms with Crippen molar-refractivity contribution in [2.24, 2.45) is 5.92 Å². The lowest BCUT2D eigenvalue weighted by atomic mass is 9.99. The summed E-state index contributed by atoms with van der Waals surface area (Å²) < 4.78 is 5.36. The molecule has 1 aromatic rings. The molecule has 0 amide bonds. The summed E-state index contributed by atoms with van der Waals surface area (Å²) >= 11 is 0. The van der Waals surface area contributed by atoms with E-state index in [0.29, 0.717) is 12.1 Å². The van der Waals surface area contributed by atoms with Gasteiger partial charge >= 0.3 is 0 Å². The molecule has 1 saturated carbocycles. The Labute approximate surface area is 129 Å². The highest BCUT2D eigenvalue weighted by Gasteiger charge is 2.26. The SMILES string of the molecule is CCC1CCCC1NCC(c1cccc(OC)c1)N(C)C. The van der Waals surface area contributed by atoms with Crippen LogP contribution in [0.2, 0.25) is 0 Å². The van der Waals surface area contributed by atoms with E-state index >= 15 is 0 Å². The first-order chi connectivity index (χ1) is 10.2. The maximum Gasteiger partial charge on any atom is 0.119 e. The Hall–Kier alpha value is -1.06. The van der Waals surface area contributed by atoms with Gasteiger partial charge in [0.05, 0.1) is 7.11 Å². The molecule has 2 rings (SSSR count). The Kier molecular flexibility index (Phi) is 6.07. The third-order valence-corrected chi connectivity index (χ3v) is 4.86. The molecule has 0 bridgehead atoms. The third kappa shape index (κ3) is 4.21. The van der Waals surface area contributed by atoms with E-state index in [9.17, 15) is 0 Å². The van der Waals surface area contributed by atoms with Gasteiger partial charge in [-0.15, -0.1) is 0 Å². The van der Waals surface area contributed by atoms with Crippen molar-refractivity contribution >= 4 is 0 Å². The van der Waals surface area contributed by atoms with Gasteiger partial charge in [0.25, 0.3) is 0 Å². The lowest BCUT2D eigenvalue weighted by Crippen LogP contribution is -2.38. The minimum absolute atomic E-state index is 0.387. The molecular formula is C18H30N2O. The molecule has 0 spiro atoms. The monoisotopic (exact) mass is 290 g/mol. The van der Waals surface area contributed by atoms with Crippen LogP contribution in [0.5, 0.6) is 5.75 Å². The Morgan fingerprint density at radius 1 is 1.33 bits per heavy atom. The molecule has 1 N–H and O–H groups in total. The summed E-state index contributed by atoms with van der Waals surface area (Å²) in [5.74, 6) is 1.80. The summed E-state index contributed by atoms with van der Waals surface area (Å²) in [7, 11) is 6.03. The Morgan fingerprint density at radius 2 is 2.14 bits per heavy atom. The fourth-order valence-corrected chi connectivity index (χ4v) is 3.50. The standard InChI is InChI=1S/C18H30N2O/c1-5-14-8-7-11-17(14)19-13-18(20(2)3)15-9-6-10-16(12-15)21-4/h6,9-10,12,14,17-19H,5,7-8,11,13H2,1-4H3. The normalized spacial score (nSPS) is 23.5. The molecule has 118 valence electrons. The third-order valence-electron chi connectivity index (χ3n) is 4.86. The van der Waals surface area contributed by atoms with Gasteiger partial charge in [0.15, 0.2) is 0 Å². The Morgan fingerprint density at radius 3 is 2.81 bits per heavy atom. The first-order valence-electron chi connectivity index (χ1n) is 8.19. The fourth-order valence-electron chi connectivity index (χ4n) is 3.50. The van der Waals surface area contributed by atoms with E-state index < -0.39 is 0 Å². The predicted molar refractivity (Wildman–Crippen MR) is 88.8 cm³/mol. The molecule has 1 aliphatic carbocycles. The summed E-state index contributed by atoms with van der Waals surface area (Å²) in [6, 6.07) is 9.52. The van der Waals surface area contributed by atoms with E-state index in [4.69, 9.17) is 4.74 Å². The molecule has 21 heavy (non-hydrogen) atoms. The van der Waals surface area contributed by atoms with Gasteiger partial charge in [-0.05, 0) is 50.6 Å². The Balaban J connectivity index is 2.02. The topological polar surface area (TPSA) is 24.5 Å². The molecule has 0 saturated heterocycles. The van der Waals surface area contributed by atoms with Crippen LogP contribution < -0.4 is 10.1 Å². The van der Waals surface area contributed by atoms with Crippen LogP contribution in [0.15, 0.2) is 24.3 Å². The molecule has 0 aromatic heterocycles. The van der Waals surface area contributed by atoms with Crippen LogP contribution in [0.3, 0.4) is 0 Å². The van der Waals surface area contributed by atoms with Crippen molar-refractivity contribution in [3.8, 4) is 5.75 Å². The molecule has 1 fully saturated rings. The van der Waals surface area contributed by atoms with Gasteiger partial charge < -0.3 is 15.0 Å². The summed E-state index contributed by atoms with van der Waals surface area (Å²) in [5, 5.41) is 3.82. The molecule has 0 radical (unpaired) electrons. The van der Waals surface area contributed by atoms with E-state index in [2.05, 4.69) is 49.4 Å². The van der Waals surface area contributed by atoms with Crippen LogP contribution in [0, 0.1) is 5.92 Å². The van der Waals surface area contributed by atoms with Crippen molar-refractivity contribution in [3.05, 3.63) is 29.8 Å². The molecule has 3 atom stereocenters. The molecule has 3 unspecified atom stereocenters. The van der Waals surface area contributed by atoms with E-state index in [-0.39, 0.29) is 0 Å². The van der Waals surface area contributed by atoms with Gasteiger partial charge in [0.2, 0.25) is 0 Å². The largest absolute Gasteiger partial charge is 0.497 e. The van der Waals surface area contributed by atoms with Gasteiger partial charge in [-0.1, -0.05) is 31.9 Å². The van der Waals surface area contributed by atoms with E-state index in [1.54, 1.807) is 7.11 Å². The summed E-state index contributed by atoms with van der Waals surface area (Å²) in [5.41, 5.74) is 1.32. The van der Waals surface area contributed by atoms with Gasteiger partial charge in [0, 0.05) is 18.6 Å². The fraction of sp³-hybridized carbons (Fsp3) is 0.667. The molecule has 3 nitrogen and oxygen atoms in total. The molecule has 0 heterocycles. The number of methoxy groups -OCH3 is 1. The minimum Gasteiger partial charge on any atom is -0.497 e. The number of nitrogens with one attached hydrogen (secondary N) is 1. The first kappa shape index (κ1) is 16.3. The second-order valence-corrected chi connectivity index (χ2v) is 6.37. The quantitative estimate of drug-likeness (QED) is 0.832. The number of nitrogens with zero attached hydrogens (tertiary/aromatic N) is 1. The first-order valence-corrected chi connectivity index (χ1v) is 8.19. The summed E-state index contributed by atoms with van der Waals surface area (Å²) in [6.07, 6.45) is 5.39. The van der Waals surface area contributed by atoms with Gasteiger partial charge in [-0.3, -0.25) is 0 Å². The number of ether oxygens (including phenoxy) is 1. The van der Waals surface area contributed by atoms with Crippen LogP contribution >= 0.6 is 0 Å². The van der Waals surface area contributed by atoms with Gasteiger partial charge in [0.1, 0.15) is 5.75 Å². The second-order valence-electron chi connectivity index (χ2n) is 6.37. The lowest BCUT2D eigenvalue weighted by molar-refractivity contribution is 0.266. The van der Waals surface area contributed by atoms with Crippen molar-refractivity contribution in [2.45, 2.75) is 44.7 Å². The Bertz CT molecular complexity index is 433. The number of hydrogen-bond acceptors (Lipinski definition) is 3. The smallest absolute Gasteiger partial charge is 0.119 e. The number of likely N-dealkylation sites (N-methyl/N-ethyl adjacent to an activating group) is 1. The van der Waals surface area contributed by atoms with E-state index in [0.717, 1.165) is 18.2 Å². The summed E-state index contributed by atoms with van der Waals surface area (Å²) in [4.78, 5) is 2.29. The molecule has 1 aliphatic rings. The van der Waals surface area contributed by atoms with Gasteiger partial charge in [-0.2, -0.15) is 0 Å². The van der Waals surface area contributed by atoms with E-state index in [1.807, 2.05) is 6.07 Å². The zero-order valence-corrected chi connectivity index (χ0v) is 13.9. The lowest BCUT2D eigenvalue weighted by Gasteiger charge is -2.28. The zero-order chi connectivity index (χ0) is 15.2. The van der Waals surface area contributed by atoms with Crippen LogP contribution in [0.4, 0.5) is 0 Å². The molecule has 1 aromatic carbocycles. The minimum atomic E-state index is 0.387. The number of rotatable bonds is 7. The van der Waals surface area contributed by atoms with E-state index in [1.165, 1.54) is 31.2 Å². The predicted octanol–water partition coefficient (Wildman–Crippen LogP) is 3.47. The molecule has 3 heteroatoms. The zero-order valence-electron chi connectivity index (χ0n) is 13.9. The van der Waals surface area contributed by atoms with Crippen molar-refractivity contribution in [3.63, 3.8) is 0 Å². The van der Waals surface area contributed by atoms with Crippen LogP contribution in [0.25, 0.3) is 0 Å². The van der Waals surface area contributed by atoms with Crippen LogP contribution in [0.1, 0.15) is 44.2 Å². The maximum absolute atomic E-state index is 5.36. The molecular weight excluding hydrogens is 260 g/mol. The molecule has 0 aliphatic heterocycles. The maximum atomic E-state index is 5.36. The van der Waals surface area contributed by atoms with Crippen molar-refractivity contribution in [2.75, 3.05) is 27.7 Å². The average molecular weight is 290 g/mol. The van der Waals surface area contributed by atoms with Crippen molar-refractivity contribution < 1.29 is 4.74 Å². The summed E-state index contributed by atoms with van der Waals surface area (Å²) in [6.45, 7) is 3.32. The second kappa shape index (κ2) is 7.81. The van der Waals surface area contributed by atoms with Gasteiger partial charge in [-0.25, -0.2) is 0 Å². The number of hydrogen-bond donors (Lipinski definition) is 1. The van der Waals surface area contributed by atoms with Crippen LogP contribution in [-0.2, 0) is 0 Å². The van der Waals surface area contributed by atoms with Crippen molar-refractivity contribution in [1.82, 2.24) is 10.2 Å². The van der Waals surface area contributed by atoms with Crippen LogP contribution in [-0.4, -0.2) is 38.7 Å². The number of benzene rings is 1.